The van der Waals surface area contributed by atoms with Gasteiger partial charge in [-0.05, 0) is 73.0 Å². The summed E-state index contributed by atoms with van der Waals surface area (Å²) >= 11 is 0. The third kappa shape index (κ3) is 3.26. The summed E-state index contributed by atoms with van der Waals surface area (Å²) in [4.78, 5) is 0. The quantitative estimate of drug-likeness (QED) is 0.730. The number of aliphatic hydroxyl groups is 2. The van der Waals surface area contributed by atoms with Crippen LogP contribution < -0.4 is 0 Å². The molecular weight excluding hydrogens is 284 g/mol. The lowest BCUT2D eigenvalue weighted by Crippen LogP contribution is -2.28. The molecule has 2 unspecified atom stereocenters. The lowest BCUT2D eigenvalue weighted by atomic mass is 9.70. The van der Waals surface area contributed by atoms with Gasteiger partial charge in [0.25, 0.3) is 0 Å². The molecule has 0 spiro atoms. The maximum atomic E-state index is 8.94. The van der Waals surface area contributed by atoms with Gasteiger partial charge in [-0.25, -0.2) is 0 Å². The normalized spacial score (nSPS) is 39.3. The van der Waals surface area contributed by atoms with Crippen molar-refractivity contribution in [3.63, 3.8) is 0 Å². The van der Waals surface area contributed by atoms with Crippen LogP contribution in [0.4, 0.5) is 0 Å². The molecular formula is C21H38O2. The maximum absolute atomic E-state index is 8.94. The van der Waals surface area contributed by atoms with E-state index in [1.165, 1.54) is 18.4 Å². The largest absolute Gasteiger partial charge is 0.396 e. The Labute approximate surface area is 143 Å². The van der Waals surface area contributed by atoms with Crippen LogP contribution in [0.5, 0.6) is 0 Å². The van der Waals surface area contributed by atoms with Gasteiger partial charge in [-0.2, -0.15) is 0 Å². The molecule has 2 heteroatoms. The zero-order chi connectivity index (χ0) is 17.5. The molecule has 0 amide bonds. The Bertz CT molecular complexity index is 449. The molecule has 0 saturated heterocycles. The van der Waals surface area contributed by atoms with Crippen molar-refractivity contribution in [3.05, 3.63) is 11.6 Å². The van der Waals surface area contributed by atoms with E-state index in [9.17, 15) is 0 Å². The van der Waals surface area contributed by atoms with Crippen LogP contribution in [-0.4, -0.2) is 23.4 Å². The molecule has 0 aromatic rings. The molecule has 0 radical (unpaired) electrons. The fourth-order valence-corrected chi connectivity index (χ4v) is 5.16. The highest BCUT2D eigenvalue weighted by Crippen LogP contribution is 2.74. The first kappa shape index (κ1) is 19.0. The number of aliphatic hydroxyl groups excluding tert-OH is 2. The number of hydrogen-bond acceptors (Lipinski definition) is 2. The van der Waals surface area contributed by atoms with Gasteiger partial charge in [0.15, 0.2) is 0 Å². The van der Waals surface area contributed by atoms with E-state index >= 15 is 0 Å². The fourth-order valence-electron chi connectivity index (χ4n) is 5.16. The van der Waals surface area contributed by atoms with Crippen LogP contribution >= 0.6 is 0 Å². The smallest absolute Gasteiger partial charge is 0.0434 e. The minimum atomic E-state index is 0.322. The van der Waals surface area contributed by atoms with Crippen molar-refractivity contribution in [1.29, 1.82) is 0 Å². The van der Waals surface area contributed by atoms with E-state index in [2.05, 4.69) is 47.6 Å². The van der Waals surface area contributed by atoms with E-state index in [-0.39, 0.29) is 0 Å². The van der Waals surface area contributed by atoms with Crippen LogP contribution in [-0.2, 0) is 0 Å². The van der Waals surface area contributed by atoms with Gasteiger partial charge in [0, 0.05) is 13.2 Å². The molecule has 0 aliphatic heterocycles. The summed E-state index contributed by atoms with van der Waals surface area (Å²) < 4.78 is 0. The molecule has 3 aliphatic carbocycles. The SMILES string of the molecule is CC1(C)[C@@H](CCO)CC2C[C@@]21C.CC1=CCC(CCO)C1(C)C. The first-order chi connectivity index (χ1) is 10.6. The molecule has 0 heterocycles. The average Bonchev–Trinajstić information content (AvgIpc) is 3.02. The van der Waals surface area contributed by atoms with Gasteiger partial charge >= 0.3 is 0 Å². The Morgan fingerprint density at radius 1 is 1.00 bits per heavy atom. The number of allylic oxidation sites excluding steroid dienone is 2. The molecule has 0 aromatic heterocycles. The molecule has 4 atom stereocenters. The van der Waals surface area contributed by atoms with Crippen molar-refractivity contribution in [2.75, 3.05) is 13.2 Å². The highest BCUT2D eigenvalue weighted by atomic mass is 16.3. The fraction of sp³-hybridized carbons (Fsp3) is 0.905. The zero-order valence-corrected chi connectivity index (χ0v) is 16.2. The van der Waals surface area contributed by atoms with Gasteiger partial charge in [-0.3, -0.25) is 0 Å². The monoisotopic (exact) mass is 322 g/mol. The van der Waals surface area contributed by atoms with Crippen molar-refractivity contribution in [3.8, 4) is 0 Å². The number of fused-ring (bicyclic) bond motifs is 1. The highest BCUT2D eigenvalue weighted by Gasteiger charge is 2.66. The average molecular weight is 323 g/mol. The molecule has 0 aromatic carbocycles. The van der Waals surface area contributed by atoms with E-state index < -0.39 is 0 Å². The lowest BCUT2D eigenvalue weighted by Gasteiger charge is -2.35. The maximum Gasteiger partial charge on any atom is 0.0434 e. The lowest BCUT2D eigenvalue weighted by molar-refractivity contribution is 0.119. The summed E-state index contributed by atoms with van der Waals surface area (Å²) in [6, 6.07) is 0. The highest BCUT2D eigenvalue weighted by molar-refractivity contribution is 5.18. The van der Waals surface area contributed by atoms with Crippen LogP contribution in [0.1, 0.15) is 73.6 Å². The van der Waals surface area contributed by atoms with Gasteiger partial charge in [-0.15, -0.1) is 0 Å². The first-order valence-corrected chi connectivity index (χ1v) is 9.50. The van der Waals surface area contributed by atoms with Gasteiger partial charge in [0.2, 0.25) is 0 Å². The van der Waals surface area contributed by atoms with Gasteiger partial charge in [0.05, 0.1) is 0 Å². The van der Waals surface area contributed by atoms with Crippen LogP contribution in [0.25, 0.3) is 0 Å². The summed E-state index contributed by atoms with van der Waals surface area (Å²) in [5.41, 5.74) is 2.90. The molecule has 2 N–H and O–H groups in total. The second-order valence-corrected chi connectivity index (χ2v) is 9.54. The minimum Gasteiger partial charge on any atom is -0.396 e. The van der Waals surface area contributed by atoms with Gasteiger partial charge in [0.1, 0.15) is 0 Å². The van der Waals surface area contributed by atoms with E-state index in [1.54, 1.807) is 0 Å². The molecule has 3 rings (SSSR count). The summed E-state index contributed by atoms with van der Waals surface area (Å²) in [7, 11) is 0. The molecule has 2 nitrogen and oxygen atoms in total. The zero-order valence-electron chi connectivity index (χ0n) is 16.2. The van der Waals surface area contributed by atoms with Crippen LogP contribution in [0.2, 0.25) is 0 Å². The minimum absolute atomic E-state index is 0.322. The van der Waals surface area contributed by atoms with Crippen molar-refractivity contribution in [2.24, 2.45) is 34.0 Å². The number of rotatable bonds is 4. The predicted molar refractivity (Wildman–Crippen MR) is 97.2 cm³/mol. The second-order valence-electron chi connectivity index (χ2n) is 9.54. The van der Waals surface area contributed by atoms with Crippen LogP contribution in [0, 0.1) is 34.0 Å². The van der Waals surface area contributed by atoms with Crippen molar-refractivity contribution < 1.29 is 10.2 Å². The second kappa shape index (κ2) is 6.52. The standard InChI is InChI=1S/C11H20O.C10H18O/c1-10(2)8(4-5-12)6-9-7-11(9,10)3;1-8-4-5-9(6-7-11)10(8,2)3/h8-9,12H,4-7H2,1-3H3;4,9,11H,5-7H2,1-3H3/t8-,9?,11-;/m0./s1. The molecule has 0 bridgehead atoms. The van der Waals surface area contributed by atoms with E-state index in [4.69, 9.17) is 10.2 Å². The first-order valence-electron chi connectivity index (χ1n) is 9.50. The Morgan fingerprint density at radius 2 is 1.57 bits per heavy atom. The summed E-state index contributed by atoms with van der Waals surface area (Å²) in [6.07, 6.45) is 8.21. The molecule has 134 valence electrons. The van der Waals surface area contributed by atoms with Crippen molar-refractivity contribution >= 4 is 0 Å². The third-order valence-corrected chi connectivity index (χ3v) is 8.17. The molecule has 23 heavy (non-hydrogen) atoms. The molecule has 3 aliphatic rings. The molecule has 2 fully saturated rings. The Hall–Kier alpha value is -0.340. The van der Waals surface area contributed by atoms with Crippen LogP contribution in [0.15, 0.2) is 11.6 Å². The summed E-state index contributed by atoms with van der Waals surface area (Å²) in [6.45, 7) is 14.6. The van der Waals surface area contributed by atoms with Crippen molar-refractivity contribution in [2.45, 2.75) is 73.6 Å². The Morgan fingerprint density at radius 3 is 1.96 bits per heavy atom. The summed E-state index contributed by atoms with van der Waals surface area (Å²) in [5, 5.41) is 17.8. The van der Waals surface area contributed by atoms with Gasteiger partial charge in [-0.1, -0.05) is 46.3 Å². The number of hydrogen-bond donors (Lipinski definition) is 2. The van der Waals surface area contributed by atoms with Crippen molar-refractivity contribution in [1.82, 2.24) is 0 Å². The topological polar surface area (TPSA) is 40.5 Å². The van der Waals surface area contributed by atoms with E-state index in [0.29, 0.717) is 35.4 Å². The summed E-state index contributed by atoms with van der Waals surface area (Å²) in [5.74, 6) is 2.41. The van der Waals surface area contributed by atoms with Crippen LogP contribution in [0.3, 0.4) is 0 Å². The van der Waals surface area contributed by atoms with E-state index in [1.807, 2.05) is 0 Å². The van der Waals surface area contributed by atoms with E-state index in [0.717, 1.165) is 31.1 Å². The molecule has 2 saturated carbocycles. The Kier molecular flexibility index (Phi) is 5.38. The third-order valence-electron chi connectivity index (χ3n) is 8.17. The Balaban J connectivity index is 0.000000168. The predicted octanol–water partition coefficient (Wildman–Crippen LogP) is 4.80. The van der Waals surface area contributed by atoms with Gasteiger partial charge < -0.3 is 10.2 Å².